The van der Waals surface area contributed by atoms with Crippen molar-refractivity contribution < 1.29 is 0 Å². The second-order valence-electron chi connectivity index (χ2n) is 11.5. The van der Waals surface area contributed by atoms with Crippen LogP contribution in [0.25, 0.3) is 41.7 Å². The Labute approximate surface area is 251 Å². The van der Waals surface area contributed by atoms with E-state index in [9.17, 15) is 0 Å². The summed E-state index contributed by atoms with van der Waals surface area (Å²) in [4.78, 5) is 2.71. The zero-order valence-electron chi connectivity index (χ0n) is 25.5. The first-order chi connectivity index (χ1) is 19.2. The molecule has 0 saturated heterocycles. The molecule has 0 N–H and O–H groups in total. The lowest BCUT2D eigenvalue weighted by molar-refractivity contribution is 1.20. The van der Waals surface area contributed by atoms with Crippen LogP contribution in [0.1, 0.15) is 62.4 Å². The van der Waals surface area contributed by atoms with E-state index < -0.39 is 16.1 Å². The second-order valence-corrected chi connectivity index (χ2v) is 24.0. The molecule has 0 saturated carbocycles. The monoisotopic (exact) mass is 594 g/mol. The van der Waals surface area contributed by atoms with Gasteiger partial charge in [-0.25, -0.2) is 0 Å². The number of thiophene rings is 2. The van der Waals surface area contributed by atoms with Gasteiger partial charge in [-0.1, -0.05) is 53.4 Å². The van der Waals surface area contributed by atoms with Crippen LogP contribution >= 0.6 is 22.7 Å². The van der Waals surface area contributed by atoms with Gasteiger partial charge >= 0.3 is 0 Å². The van der Waals surface area contributed by atoms with Crippen molar-refractivity contribution in [2.24, 2.45) is 0 Å². The molecule has 4 heteroatoms. The van der Waals surface area contributed by atoms with E-state index in [-0.39, 0.29) is 0 Å². The summed E-state index contributed by atoms with van der Waals surface area (Å²) in [6.07, 6.45) is 0. The molecule has 0 aliphatic rings. The lowest BCUT2D eigenvalue weighted by atomic mass is 9.91. The van der Waals surface area contributed by atoms with Crippen molar-refractivity contribution >= 4 is 80.5 Å². The molecule has 5 aromatic rings. The Hall–Kier alpha value is -2.35. The lowest BCUT2D eigenvalue weighted by Crippen LogP contribution is -2.29. The average molecular weight is 595 g/mol. The Morgan fingerprint density at radius 2 is 0.825 bits per heavy atom. The molecule has 2 aromatic heterocycles. The molecule has 206 valence electrons. The van der Waals surface area contributed by atoms with Crippen LogP contribution in [0.4, 0.5) is 0 Å². The Morgan fingerprint density at radius 3 is 1.15 bits per heavy atom. The Kier molecular flexibility index (Phi) is 8.38. The largest absolute Gasteiger partial charge is 0.141 e. The quantitative estimate of drug-likeness (QED) is 0.104. The van der Waals surface area contributed by atoms with Gasteiger partial charge in [0.15, 0.2) is 0 Å². The number of benzene rings is 3. The maximum atomic E-state index is 3.96. The molecular formula is C36H42S2Si2. The maximum Gasteiger partial charge on any atom is 0.138 e. The third-order valence-electron chi connectivity index (χ3n) is 9.60. The van der Waals surface area contributed by atoms with E-state index >= 15 is 0 Å². The van der Waals surface area contributed by atoms with Crippen molar-refractivity contribution in [1.82, 2.24) is 0 Å². The second kappa shape index (κ2) is 11.5. The van der Waals surface area contributed by atoms with E-state index in [1.807, 2.05) is 22.7 Å². The molecule has 0 amide bonds. The van der Waals surface area contributed by atoms with Gasteiger partial charge in [-0.3, -0.25) is 0 Å². The van der Waals surface area contributed by atoms with E-state index in [1.165, 1.54) is 98.9 Å². The van der Waals surface area contributed by atoms with Crippen LogP contribution in [0, 0.1) is 36.8 Å². The summed E-state index contributed by atoms with van der Waals surface area (Å²) in [5.74, 6) is 7.76. The van der Waals surface area contributed by atoms with Crippen LogP contribution in [-0.2, 0) is 0 Å². The highest BCUT2D eigenvalue weighted by Gasteiger charge is 2.26. The molecule has 0 fully saturated rings. The van der Waals surface area contributed by atoms with Gasteiger partial charge in [0.2, 0.25) is 0 Å². The summed E-state index contributed by atoms with van der Waals surface area (Å²) in [6.45, 7) is 18.5. The molecule has 0 nitrogen and oxygen atoms in total. The fourth-order valence-electron chi connectivity index (χ4n) is 6.25. The standard InChI is InChI=1S/C36H42S2Si2/c1-9-39(10-2,11-3)17-15-29-31-21-27-19-25(7)38-36(27)24-34(31)30(16-18-40(12-4,13-5)14-6)32-22-28-20-26(8)37-35(28)23-33(29)32/h19-24H,9-14H2,1-8H3. The van der Waals surface area contributed by atoms with Gasteiger partial charge in [-0.15, -0.1) is 33.8 Å². The highest BCUT2D eigenvalue weighted by atomic mass is 32.1. The van der Waals surface area contributed by atoms with Gasteiger partial charge in [0.1, 0.15) is 16.1 Å². The average Bonchev–Trinajstić information content (AvgIpc) is 3.52. The molecule has 5 rings (SSSR count). The zero-order chi connectivity index (χ0) is 28.7. The summed E-state index contributed by atoms with van der Waals surface area (Å²) < 4.78 is 2.70. The minimum atomic E-state index is -1.62. The summed E-state index contributed by atoms with van der Waals surface area (Å²) in [7, 11) is -3.24. The summed E-state index contributed by atoms with van der Waals surface area (Å²) >= 11 is 3.78. The van der Waals surface area contributed by atoms with Gasteiger partial charge < -0.3 is 0 Å². The zero-order valence-corrected chi connectivity index (χ0v) is 29.2. The van der Waals surface area contributed by atoms with E-state index in [0.717, 1.165) is 0 Å². The Bertz CT molecular complexity index is 1610. The third kappa shape index (κ3) is 5.10. The van der Waals surface area contributed by atoms with E-state index in [4.69, 9.17) is 0 Å². The fourth-order valence-corrected chi connectivity index (χ4v) is 13.0. The van der Waals surface area contributed by atoms with E-state index in [1.54, 1.807) is 0 Å². The van der Waals surface area contributed by atoms with Crippen LogP contribution in [-0.4, -0.2) is 16.1 Å². The smallest absolute Gasteiger partial charge is 0.138 e. The van der Waals surface area contributed by atoms with Crippen LogP contribution in [0.2, 0.25) is 36.3 Å². The normalized spacial score (nSPS) is 12.2. The van der Waals surface area contributed by atoms with Crippen molar-refractivity contribution in [1.29, 1.82) is 0 Å². The van der Waals surface area contributed by atoms with Crippen molar-refractivity contribution in [2.75, 3.05) is 0 Å². The van der Waals surface area contributed by atoms with Crippen LogP contribution in [0.5, 0.6) is 0 Å². The molecule has 0 spiro atoms. The molecule has 0 aliphatic heterocycles. The van der Waals surface area contributed by atoms with Crippen molar-refractivity contribution in [2.45, 2.75) is 91.7 Å². The highest BCUT2D eigenvalue weighted by molar-refractivity contribution is 7.19. The van der Waals surface area contributed by atoms with Crippen molar-refractivity contribution in [3.05, 3.63) is 57.3 Å². The summed E-state index contributed by atoms with van der Waals surface area (Å²) in [5.41, 5.74) is 10.3. The molecule has 40 heavy (non-hydrogen) atoms. The van der Waals surface area contributed by atoms with Gasteiger partial charge in [0.05, 0.1) is 0 Å². The number of hydrogen-bond acceptors (Lipinski definition) is 2. The minimum Gasteiger partial charge on any atom is -0.141 e. The Balaban J connectivity index is 1.99. The number of fused-ring (bicyclic) bond motifs is 4. The summed E-state index contributed by atoms with van der Waals surface area (Å²) in [5, 5.41) is 7.79. The van der Waals surface area contributed by atoms with E-state index in [2.05, 4.69) is 115 Å². The van der Waals surface area contributed by atoms with Gasteiger partial charge in [0, 0.05) is 41.1 Å². The lowest BCUT2D eigenvalue weighted by Gasteiger charge is -2.21. The molecule has 0 bridgehead atoms. The van der Waals surface area contributed by atoms with Gasteiger partial charge in [0.25, 0.3) is 0 Å². The topological polar surface area (TPSA) is 0 Å². The highest BCUT2D eigenvalue weighted by Crippen LogP contribution is 2.40. The van der Waals surface area contributed by atoms with Crippen LogP contribution in [0.3, 0.4) is 0 Å². The molecule has 0 atom stereocenters. The van der Waals surface area contributed by atoms with Crippen LogP contribution < -0.4 is 0 Å². The molecule has 0 radical (unpaired) electrons. The predicted molar refractivity (Wildman–Crippen MR) is 190 cm³/mol. The fraction of sp³-hybridized carbons (Fsp3) is 0.389. The van der Waals surface area contributed by atoms with Crippen LogP contribution in [0.15, 0.2) is 36.4 Å². The molecule has 2 heterocycles. The van der Waals surface area contributed by atoms with Crippen molar-refractivity contribution in [3.8, 4) is 22.9 Å². The number of hydrogen-bond donors (Lipinski definition) is 0. The predicted octanol–water partition coefficient (Wildman–Crippen LogP) is 11.8. The third-order valence-corrected chi connectivity index (χ3v) is 21.1. The molecule has 3 aromatic carbocycles. The molecule has 0 unspecified atom stereocenters. The van der Waals surface area contributed by atoms with Gasteiger partial charge in [-0.05, 0) is 108 Å². The van der Waals surface area contributed by atoms with E-state index in [0.29, 0.717) is 0 Å². The number of rotatable bonds is 6. The SMILES string of the molecule is CC[Si](C#Cc1c2cc3cc(C)sc3cc2c(C#C[Si](CC)(CC)CC)c2cc3cc(C)sc3cc12)(CC)CC. The maximum absolute atomic E-state index is 3.96. The molecular weight excluding hydrogens is 553 g/mol. The van der Waals surface area contributed by atoms with Crippen molar-refractivity contribution in [3.63, 3.8) is 0 Å². The summed E-state index contributed by atoms with van der Waals surface area (Å²) in [6, 6.07) is 21.7. The first-order valence-corrected chi connectivity index (χ1v) is 22.0. The number of aryl methyl sites for hydroxylation is 2. The first-order valence-electron chi connectivity index (χ1n) is 15.1. The molecule has 0 aliphatic carbocycles. The first kappa shape index (κ1) is 29.2. The van der Waals surface area contributed by atoms with Gasteiger partial charge in [-0.2, -0.15) is 0 Å². The Morgan fingerprint density at radius 1 is 0.500 bits per heavy atom. The minimum absolute atomic E-state index is 1.21.